The van der Waals surface area contributed by atoms with Crippen LogP contribution in [0.15, 0.2) is 18.2 Å². The number of carbonyl (C=O) groups excluding carboxylic acids is 2. The van der Waals surface area contributed by atoms with E-state index in [4.69, 9.17) is 10.8 Å². The van der Waals surface area contributed by atoms with Gasteiger partial charge in [-0.2, -0.15) is 0 Å². The standard InChI is InChI=1S/C15H19N5O9/c1-7(21)13(14(23)18-10(15(24)25)4-5-12(16)22)17-9-3-2-8(19(26)27)6-11(9)20(28)29/h2-3,6-7,10,13,17,21H,4-5H2,1H3,(H2,16,22)(H,18,23)(H,24,25)/t7?,10-,13-/m0/s1. The van der Waals surface area contributed by atoms with Gasteiger partial charge in [0.05, 0.1) is 22.0 Å². The lowest BCUT2D eigenvalue weighted by atomic mass is 10.1. The molecule has 1 unspecified atom stereocenters. The molecule has 0 radical (unpaired) electrons. The number of carboxylic acids is 1. The minimum atomic E-state index is -1.54. The number of aliphatic hydroxyl groups excluding tert-OH is 1. The van der Waals surface area contributed by atoms with Crippen molar-refractivity contribution in [2.45, 2.75) is 38.0 Å². The second-order valence-electron chi connectivity index (χ2n) is 5.98. The molecule has 3 atom stereocenters. The second-order valence-corrected chi connectivity index (χ2v) is 5.98. The molecule has 29 heavy (non-hydrogen) atoms. The summed E-state index contributed by atoms with van der Waals surface area (Å²) in [5.41, 5.74) is 3.37. The van der Waals surface area contributed by atoms with Gasteiger partial charge in [-0.05, 0) is 19.4 Å². The monoisotopic (exact) mass is 413 g/mol. The average Bonchev–Trinajstić information content (AvgIpc) is 2.61. The zero-order valence-electron chi connectivity index (χ0n) is 15.1. The molecule has 0 aliphatic carbocycles. The van der Waals surface area contributed by atoms with Gasteiger partial charge in [0.25, 0.3) is 11.4 Å². The Labute approximate surface area is 163 Å². The molecule has 1 rings (SSSR count). The van der Waals surface area contributed by atoms with Crippen LogP contribution in [0.3, 0.4) is 0 Å². The van der Waals surface area contributed by atoms with Gasteiger partial charge in [-0.15, -0.1) is 0 Å². The van der Waals surface area contributed by atoms with Gasteiger partial charge in [0.1, 0.15) is 17.8 Å². The number of nitrogens with one attached hydrogen (secondary N) is 2. The number of aliphatic carboxylic acids is 1. The molecule has 0 saturated carbocycles. The summed E-state index contributed by atoms with van der Waals surface area (Å²) in [6.45, 7) is 1.17. The number of anilines is 1. The maximum Gasteiger partial charge on any atom is 0.326 e. The number of non-ortho nitro benzene ring substituents is 1. The highest BCUT2D eigenvalue weighted by atomic mass is 16.6. The molecule has 14 nitrogen and oxygen atoms in total. The molecule has 2 amide bonds. The fourth-order valence-electron chi connectivity index (χ4n) is 2.28. The van der Waals surface area contributed by atoms with E-state index in [9.17, 15) is 39.7 Å². The van der Waals surface area contributed by atoms with Crippen molar-refractivity contribution in [2.75, 3.05) is 5.32 Å². The van der Waals surface area contributed by atoms with Crippen LogP contribution in [-0.2, 0) is 14.4 Å². The van der Waals surface area contributed by atoms with Crippen LogP contribution in [-0.4, -0.2) is 56.0 Å². The van der Waals surface area contributed by atoms with E-state index >= 15 is 0 Å². The van der Waals surface area contributed by atoms with Crippen LogP contribution >= 0.6 is 0 Å². The third kappa shape index (κ3) is 6.69. The van der Waals surface area contributed by atoms with Crippen molar-refractivity contribution in [1.29, 1.82) is 0 Å². The number of carboxylic acid groups (broad SMARTS) is 1. The molecule has 0 fully saturated rings. The average molecular weight is 413 g/mol. The quantitative estimate of drug-likeness (QED) is 0.230. The molecule has 0 saturated heterocycles. The normalized spacial score (nSPS) is 13.6. The third-order valence-electron chi connectivity index (χ3n) is 3.76. The predicted octanol–water partition coefficient (Wildman–Crippen LogP) is -0.501. The van der Waals surface area contributed by atoms with Crippen molar-refractivity contribution in [3.8, 4) is 0 Å². The number of carbonyl (C=O) groups is 3. The van der Waals surface area contributed by atoms with Crippen LogP contribution in [0.2, 0.25) is 0 Å². The molecular weight excluding hydrogens is 394 g/mol. The topological polar surface area (TPSA) is 228 Å². The summed E-state index contributed by atoms with van der Waals surface area (Å²) in [5, 5.41) is 45.5. The fraction of sp³-hybridized carbons (Fsp3) is 0.400. The molecule has 0 heterocycles. The van der Waals surface area contributed by atoms with Gasteiger partial charge in [-0.25, -0.2) is 4.79 Å². The van der Waals surface area contributed by atoms with Crippen molar-refractivity contribution in [2.24, 2.45) is 5.73 Å². The van der Waals surface area contributed by atoms with E-state index in [-0.39, 0.29) is 18.5 Å². The van der Waals surface area contributed by atoms with E-state index in [0.717, 1.165) is 12.1 Å². The second kappa shape index (κ2) is 9.93. The summed E-state index contributed by atoms with van der Waals surface area (Å²) < 4.78 is 0. The number of hydrogen-bond donors (Lipinski definition) is 5. The van der Waals surface area contributed by atoms with E-state index in [0.29, 0.717) is 6.07 Å². The van der Waals surface area contributed by atoms with Crippen LogP contribution in [0, 0.1) is 20.2 Å². The minimum Gasteiger partial charge on any atom is -0.480 e. The molecule has 6 N–H and O–H groups in total. The highest BCUT2D eigenvalue weighted by Crippen LogP contribution is 2.29. The Morgan fingerprint density at radius 2 is 1.83 bits per heavy atom. The third-order valence-corrected chi connectivity index (χ3v) is 3.76. The maximum absolute atomic E-state index is 12.4. The Bertz CT molecular complexity index is 826. The first kappa shape index (κ1) is 23.2. The SMILES string of the molecule is CC(O)[C@H](Nc1ccc([N+](=O)[O-])cc1[N+](=O)[O-])C(=O)N[C@@H](CCC(N)=O)C(=O)O. The number of rotatable bonds is 11. The molecule has 0 aliphatic heterocycles. The number of nitrogens with two attached hydrogens (primary N) is 1. The number of nitro groups is 2. The van der Waals surface area contributed by atoms with Crippen LogP contribution in [0.4, 0.5) is 17.1 Å². The van der Waals surface area contributed by atoms with E-state index in [1.54, 1.807) is 0 Å². The van der Waals surface area contributed by atoms with E-state index < -0.39 is 57.2 Å². The highest BCUT2D eigenvalue weighted by Gasteiger charge is 2.31. The molecule has 1 aromatic carbocycles. The first-order chi connectivity index (χ1) is 13.4. The fourth-order valence-corrected chi connectivity index (χ4v) is 2.28. The van der Waals surface area contributed by atoms with Crippen molar-refractivity contribution in [1.82, 2.24) is 5.32 Å². The molecular formula is C15H19N5O9. The lowest BCUT2D eigenvalue weighted by molar-refractivity contribution is -0.393. The Kier molecular flexibility index (Phi) is 7.96. The summed E-state index contributed by atoms with van der Waals surface area (Å²) in [5.74, 6) is -3.26. The highest BCUT2D eigenvalue weighted by molar-refractivity contribution is 5.90. The summed E-state index contributed by atoms with van der Waals surface area (Å²) in [6.07, 6.45) is -2.06. The lowest BCUT2D eigenvalue weighted by Gasteiger charge is -2.24. The van der Waals surface area contributed by atoms with E-state index in [1.807, 2.05) is 0 Å². The van der Waals surface area contributed by atoms with Crippen LogP contribution < -0.4 is 16.4 Å². The summed E-state index contributed by atoms with van der Waals surface area (Å²) >= 11 is 0. The van der Waals surface area contributed by atoms with Crippen LogP contribution in [0.5, 0.6) is 0 Å². The van der Waals surface area contributed by atoms with Crippen LogP contribution in [0.25, 0.3) is 0 Å². The van der Waals surface area contributed by atoms with Crippen LogP contribution in [0.1, 0.15) is 19.8 Å². The van der Waals surface area contributed by atoms with E-state index in [1.165, 1.54) is 6.92 Å². The molecule has 0 aromatic heterocycles. The number of primary amides is 1. The molecule has 158 valence electrons. The number of benzene rings is 1. The number of nitrogens with zero attached hydrogens (tertiary/aromatic N) is 2. The molecule has 0 aliphatic rings. The first-order valence-electron chi connectivity index (χ1n) is 8.13. The zero-order valence-corrected chi connectivity index (χ0v) is 15.1. The zero-order chi connectivity index (χ0) is 22.3. The van der Waals surface area contributed by atoms with E-state index in [2.05, 4.69) is 10.6 Å². The van der Waals surface area contributed by atoms with Gasteiger partial charge >= 0.3 is 5.97 Å². The van der Waals surface area contributed by atoms with Gasteiger partial charge in [0.2, 0.25) is 11.8 Å². The Balaban J connectivity index is 3.10. The minimum absolute atomic E-state index is 0.300. The number of nitro benzene ring substituents is 2. The van der Waals surface area contributed by atoms with Gasteiger partial charge in [-0.1, -0.05) is 0 Å². The smallest absolute Gasteiger partial charge is 0.326 e. The first-order valence-corrected chi connectivity index (χ1v) is 8.13. The molecule has 0 spiro atoms. The van der Waals surface area contributed by atoms with Gasteiger partial charge < -0.3 is 26.6 Å². The largest absolute Gasteiger partial charge is 0.480 e. The summed E-state index contributed by atoms with van der Waals surface area (Å²) in [4.78, 5) is 54.7. The maximum atomic E-state index is 12.4. The number of amides is 2. The van der Waals surface area contributed by atoms with Gasteiger partial charge in [0.15, 0.2) is 0 Å². The molecule has 14 heteroatoms. The molecule has 0 bridgehead atoms. The predicted molar refractivity (Wildman–Crippen MR) is 96.8 cm³/mol. The van der Waals surface area contributed by atoms with Gasteiger partial charge in [0, 0.05) is 12.5 Å². The van der Waals surface area contributed by atoms with Gasteiger partial charge in [-0.3, -0.25) is 29.8 Å². The Hall–Kier alpha value is -3.81. The Morgan fingerprint density at radius 1 is 1.21 bits per heavy atom. The van der Waals surface area contributed by atoms with Crippen molar-refractivity contribution in [3.05, 3.63) is 38.4 Å². The lowest BCUT2D eigenvalue weighted by Crippen LogP contribution is -2.51. The number of hydrogen-bond acceptors (Lipinski definition) is 9. The Morgan fingerprint density at radius 3 is 2.28 bits per heavy atom. The van der Waals surface area contributed by atoms with Crippen molar-refractivity contribution in [3.63, 3.8) is 0 Å². The number of aliphatic hydroxyl groups is 1. The molecule has 1 aromatic rings. The van der Waals surface area contributed by atoms with Crippen molar-refractivity contribution < 1.29 is 34.4 Å². The summed E-state index contributed by atoms with van der Waals surface area (Å²) in [6, 6.07) is -0.415. The van der Waals surface area contributed by atoms with Crippen molar-refractivity contribution >= 4 is 34.8 Å². The summed E-state index contributed by atoms with van der Waals surface area (Å²) in [7, 11) is 0.